The minimum atomic E-state index is -3.10. The molecule has 0 unspecified atom stereocenters. The van der Waals surface area contributed by atoms with Gasteiger partial charge in [0.25, 0.3) is 0 Å². The molecule has 0 N–H and O–H groups in total. The monoisotopic (exact) mass is 784 g/mol. The molecule has 250 valence electrons. The molecule has 0 aliphatic heterocycles. The minimum absolute atomic E-state index is 0. The third-order valence-corrected chi connectivity index (χ3v) is 18.6. The summed E-state index contributed by atoms with van der Waals surface area (Å²) in [7, 11) is 0. The van der Waals surface area contributed by atoms with E-state index in [-0.39, 0.29) is 24.8 Å². The predicted octanol–water partition coefficient (Wildman–Crippen LogP) is 6.08. The summed E-state index contributed by atoms with van der Waals surface area (Å²) in [6.07, 6.45) is 0.942. The van der Waals surface area contributed by atoms with E-state index in [1.54, 1.807) is 6.49 Å². The van der Waals surface area contributed by atoms with E-state index >= 15 is 0 Å². The van der Waals surface area contributed by atoms with Gasteiger partial charge in [0.05, 0.1) is 0 Å². The Morgan fingerprint density at radius 2 is 0.750 bits per heavy atom. The number of fused-ring (bicyclic) bond motifs is 3. The SMILES string of the molecule is [Cl-].[Cl-].c1ccc(C2=C(c3ccccc3)C(c3ccccc3)=[C]([Zr+2](=[C](c3ccccc3)c3ccccc3)[CH]3c4ccccc4-c4ccccc43)C2)cc1. The third kappa shape index (κ3) is 6.48. The van der Waals surface area contributed by atoms with Crippen LogP contribution in [-0.2, 0) is 21.3 Å². The van der Waals surface area contributed by atoms with E-state index in [4.69, 9.17) is 0 Å². The van der Waals surface area contributed by atoms with Crippen LogP contribution in [0.2, 0.25) is 0 Å². The molecular formula is C49H36Cl2Zr. The number of hydrogen-bond acceptors (Lipinski definition) is 0. The Morgan fingerprint density at radius 1 is 0.385 bits per heavy atom. The maximum atomic E-state index is 2.43. The second-order valence-electron chi connectivity index (χ2n) is 13.1. The average molecular weight is 787 g/mol. The zero-order valence-electron chi connectivity index (χ0n) is 28.6. The van der Waals surface area contributed by atoms with Crippen molar-refractivity contribution in [3.05, 3.63) is 242 Å². The molecule has 2 aliphatic rings. The molecule has 7 aromatic carbocycles. The molecule has 0 fully saturated rings. The van der Waals surface area contributed by atoms with Crippen molar-refractivity contribution in [3.8, 4) is 11.1 Å². The zero-order valence-corrected chi connectivity index (χ0v) is 32.6. The Kier molecular flexibility index (Phi) is 11.0. The molecule has 0 nitrogen and oxygen atoms in total. The summed E-state index contributed by atoms with van der Waals surface area (Å²) in [6.45, 7) is 0. The van der Waals surface area contributed by atoms with Crippen molar-refractivity contribution in [1.29, 1.82) is 0 Å². The Morgan fingerprint density at radius 3 is 1.21 bits per heavy atom. The first-order valence-electron chi connectivity index (χ1n) is 17.5. The van der Waals surface area contributed by atoms with E-state index in [2.05, 4.69) is 200 Å². The molecule has 0 amide bonds. The molecule has 0 spiro atoms. The van der Waals surface area contributed by atoms with Crippen molar-refractivity contribution in [2.24, 2.45) is 0 Å². The Bertz CT molecular complexity index is 2330. The van der Waals surface area contributed by atoms with Gasteiger partial charge in [-0.15, -0.1) is 0 Å². The molecule has 52 heavy (non-hydrogen) atoms. The fraction of sp³-hybridized carbons (Fsp3) is 0.0408. The number of allylic oxidation sites excluding steroid dienone is 4. The van der Waals surface area contributed by atoms with Crippen molar-refractivity contribution < 1.29 is 46.1 Å². The van der Waals surface area contributed by atoms with Crippen molar-refractivity contribution in [3.63, 3.8) is 0 Å². The van der Waals surface area contributed by atoms with E-state index in [1.165, 1.54) is 66.8 Å². The Balaban J connectivity index is 0.00000210. The van der Waals surface area contributed by atoms with Crippen LogP contribution < -0.4 is 24.8 Å². The van der Waals surface area contributed by atoms with Crippen molar-refractivity contribution in [2.45, 2.75) is 10.0 Å². The average Bonchev–Trinajstić information content (AvgIpc) is 3.76. The van der Waals surface area contributed by atoms with Gasteiger partial charge in [0, 0.05) is 0 Å². The number of rotatable bonds is 7. The molecule has 0 saturated heterocycles. The Hall–Kier alpha value is -4.65. The third-order valence-electron chi connectivity index (χ3n) is 10.3. The van der Waals surface area contributed by atoms with E-state index in [9.17, 15) is 0 Å². The molecule has 0 aromatic heterocycles. The molecule has 9 rings (SSSR count). The van der Waals surface area contributed by atoms with Gasteiger partial charge in [-0.1, -0.05) is 0 Å². The van der Waals surface area contributed by atoms with E-state index in [1.807, 2.05) is 0 Å². The van der Waals surface area contributed by atoms with Gasteiger partial charge in [0.15, 0.2) is 0 Å². The molecule has 2 aliphatic carbocycles. The summed E-state index contributed by atoms with van der Waals surface area (Å²) in [5.74, 6) is 0. The van der Waals surface area contributed by atoms with E-state index < -0.39 is 21.3 Å². The second-order valence-corrected chi connectivity index (χ2v) is 19.3. The fourth-order valence-electron chi connectivity index (χ4n) is 8.24. The summed E-state index contributed by atoms with van der Waals surface area (Å²) in [5, 5.41) is 0. The maximum absolute atomic E-state index is 3.10. The van der Waals surface area contributed by atoms with Crippen molar-refractivity contribution >= 4 is 19.9 Å². The van der Waals surface area contributed by atoms with Crippen LogP contribution in [0, 0.1) is 0 Å². The molecule has 7 aromatic rings. The topological polar surface area (TPSA) is 0 Å². The van der Waals surface area contributed by atoms with Crippen LogP contribution in [0.25, 0.3) is 27.8 Å². The van der Waals surface area contributed by atoms with Crippen LogP contribution >= 0.6 is 0 Å². The van der Waals surface area contributed by atoms with Crippen LogP contribution in [0.15, 0.2) is 203 Å². The van der Waals surface area contributed by atoms with Gasteiger partial charge in [-0.2, -0.15) is 0 Å². The molecule has 0 radical (unpaired) electrons. The van der Waals surface area contributed by atoms with Gasteiger partial charge in [0.1, 0.15) is 0 Å². The molecule has 0 heterocycles. The number of hydrogen-bond donors (Lipinski definition) is 0. The van der Waals surface area contributed by atoms with Crippen LogP contribution in [0.4, 0.5) is 0 Å². The molecule has 3 heteroatoms. The molecule has 0 atom stereocenters. The number of benzene rings is 7. The van der Waals surface area contributed by atoms with Gasteiger partial charge in [0.2, 0.25) is 0 Å². The van der Waals surface area contributed by atoms with Gasteiger partial charge < -0.3 is 24.8 Å². The summed E-state index contributed by atoms with van der Waals surface area (Å²) in [5.41, 5.74) is 16.6. The van der Waals surface area contributed by atoms with Crippen LogP contribution in [0.1, 0.15) is 49.0 Å². The van der Waals surface area contributed by atoms with Gasteiger partial charge in [-0.05, 0) is 0 Å². The number of halogens is 2. The first-order valence-corrected chi connectivity index (χ1v) is 21.4. The first kappa shape index (κ1) is 35.7. The summed E-state index contributed by atoms with van der Waals surface area (Å²) >= 11 is -3.10. The fourth-order valence-corrected chi connectivity index (χ4v) is 17.9. The summed E-state index contributed by atoms with van der Waals surface area (Å²) in [4.78, 5) is 0. The summed E-state index contributed by atoms with van der Waals surface area (Å²) in [6, 6.07) is 74.7. The zero-order chi connectivity index (χ0) is 33.3. The van der Waals surface area contributed by atoms with Crippen molar-refractivity contribution in [2.75, 3.05) is 0 Å². The van der Waals surface area contributed by atoms with Gasteiger partial charge in [-0.3, -0.25) is 0 Å². The second kappa shape index (κ2) is 15.9. The summed E-state index contributed by atoms with van der Waals surface area (Å²) < 4.78 is 3.55. The molecular weight excluding hydrogens is 751 g/mol. The molecule has 0 saturated carbocycles. The van der Waals surface area contributed by atoms with Crippen LogP contribution in [0.5, 0.6) is 0 Å². The van der Waals surface area contributed by atoms with Crippen LogP contribution in [-0.4, -0.2) is 3.21 Å². The quantitative estimate of drug-likeness (QED) is 0.184. The van der Waals surface area contributed by atoms with Crippen LogP contribution in [0.3, 0.4) is 0 Å². The standard InChI is InChI=1S/C23H17.C13H9.C13H10.2ClH.Zr/c1-4-10-18(11-5-1)21-16-17-22(19-12-6-2-7-13-19)23(21)20-14-8-3-9-15-20;1-3-7-12-10(5-1)9-11-6-2-4-8-13(11)12;1-3-7-12(8-4-1)11-13-9-5-2-6-10-13;;;/h1-15H,16H2;1-9H;1-10H;2*1H;/q;;;;;+2/p-2. The van der Waals surface area contributed by atoms with Gasteiger partial charge in [-0.25, -0.2) is 0 Å². The Labute approximate surface area is 327 Å². The normalized spacial score (nSPS) is 13.0. The predicted molar refractivity (Wildman–Crippen MR) is 207 cm³/mol. The molecule has 0 bridgehead atoms. The van der Waals surface area contributed by atoms with Gasteiger partial charge >= 0.3 is 305 Å². The van der Waals surface area contributed by atoms with E-state index in [0.717, 1.165) is 6.42 Å². The first-order chi connectivity index (χ1) is 24.9. The van der Waals surface area contributed by atoms with Crippen molar-refractivity contribution in [1.82, 2.24) is 0 Å². The van der Waals surface area contributed by atoms with E-state index in [0.29, 0.717) is 3.63 Å².